The molecule has 2 atom stereocenters. The summed E-state index contributed by atoms with van der Waals surface area (Å²) in [6.45, 7) is 2.93. The van der Waals surface area contributed by atoms with Gasteiger partial charge in [0.05, 0.1) is 23.5 Å². The van der Waals surface area contributed by atoms with Crippen molar-refractivity contribution in [3.63, 3.8) is 0 Å². The van der Waals surface area contributed by atoms with Crippen LogP contribution < -0.4 is 4.74 Å². The van der Waals surface area contributed by atoms with E-state index in [1.165, 1.54) is 13.8 Å². The van der Waals surface area contributed by atoms with Gasteiger partial charge in [-0.2, -0.15) is 5.26 Å². The minimum absolute atomic E-state index is 0.432. The van der Waals surface area contributed by atoms with Crippen molar-refractivity contribution in [1.82, 2.24) is 0 Å². The predicted molar refractivity (Wildman–Crippen MR) is 94.2 cm³/mol. The van der Waals surface area contributed by atoms with Gasteiger partial charge in [0.25, 0.3) is 0 Å². The Bertz CT molecular complexity index is 697. The molecule has 1 aromatic rings. The van der Waals surface area contributed by atoms with Crippen LogP contribution in [0.25, 0.3) is 0 Å². The van der Waals surface area contributed by atoms with E-state index in [4.69, 9.17) is 25.3 Å². The number of hydrogen-bond donors (Lipinski definition) is 3. The summed E-state index contributed by atoms with van der Waals surface area (Å²) >= 11 is 0. The Kier molecular flexibility index (Phi) is 7.79. The molecule has 0 spiro atoms. The molecule has 0 amide bonds. The zero-order valence-corrected chi connectivity index (χ0v) is 15.2. The maximum atomic E-state index is 10.8. The first-order valence-electron chi connectivity index (χ1n) is 8.46. The zero-order chi connectivity index (χ0) is 20.6. The number of aliphatic carboxylic acids is 3. The van der Waals surface area contributed by atoms with Crippen LogP contribution in [-0.2, 0) is 14.4 Å². The molecule has 27 heavy (non-hydrogen) atoms. The summed E-state index contributed by atoms with van der Waals surface area (Å²) in [6.07, 6.45) is 2.68. The first-order valence-corrected chi connectivity index (χ1v) is 8.46. The van der Waals surface area contributed by atoms with Gasteiger partial charge in [0, 0.05) is 0 Å². The van der Waals surface area contributed by atoms with Crippen molar-refractivity contribution in [2.45, 2.75) is 45.1 Å². The Hall–Kier alpha value is -3.08. The Labute approximate surface area is 157 Å². The number of nitriles is 1. The predicted octanol–water partition coefficient (Wildman–Crippen LogP) is 2.76. The van der Waals surface area contributed by atoms with Gasteiger partial charge in [-0.3, -0.25) is 9.59 Å². The molecule has 0 bridgehead atoms. The van der Waals surface area contributed by atoms with Crippen molar-refractivity contribution < 1.29 is 34.4 Å². The van der Waals surface area contributed by atoms with E-state index in [-0.39, 0.29) is 0 Å². The molecule has 146 valence electrons. The first kappa shape index (κ1) is 22.0. The van der Waals surface area contributed by atoms with E-state index in [2.05, 4.69) is 0 Å². The van der Waals surface area contributed by atoms with Crippen LogP contribution in [0.5, 0.6) is 5.75 Å². The van der Waals surface area contributed by atoms with Crippen molar-refractivity contribution in [3.8, 4) is 11.8 Å². The van der Waals surface area contributed by atoms with Crippen molar-refractivity contribution in [1.29, 1.82) is 5.26 Å². The highest BCUT2D eigenvalue weighted by Gasteiger charge is 2.35. The second kappa shape index (κ2) is 9.57. The average molecular weight is 377 g/mol. The number of nitrogens with zero attached hydrogens (tertiary/aromatic N) is 1. The molecule has 0 saturated heterocycles. The number of carboxylic acid groups (broad SMARTS) is 3. The maximum absolute atomic E-state index is 10.8. The number of benzene rings is 1. The van der Waals surface area contributed by atoms with Crippen LogP contribution in [0.4, 0.5) is 0 Å². The fourth-order valence-corrected chi connectivity index (χ4v) is 2.66. The molecule has 1 fully saturated rings. The number of carboxylic acids is 3. The number of rotatable bonds is 5. The Balaban J connectivity index is 0.000000277. The highest BCUT2D eigenvalue weighted by molar-refractivity contribution is 5.80. The summed E-state index contributed by atoms with van der Waals surface area (Å²) < 4.78 is 5.25. The van der Waals surface area contributed by atoms with Gasteiger partial charge < -0.3 is 20.1 Å². The third-order valence-corrected chi connectivity index (χ3v) is 4.27. The van der Waals surface area contributed by atoms with E-state index in [1.54, 1.807) is 24.3 Å². The minimum atomic E-state index is -1.27. The Morgan fingerprint density at radius 3 is 1.78 bits per heavy atom. The average Bonchev–Trinajstić information content (AvgIpc) is 2.62. The summed E-state index contributed by atoms with van der Waals surface area (Å²) in [4.78, 5) is 32.0. The maximum Gasteiger partial charge on any atom is 0.347 e. The SMILES string of the molecule is CC(C)(Oc1ccc(C#N)cc1)C(=O)O.O=C(O)C1CCCCC1C(=O)O. The van der Waals surface area contributed by atoms with E-state index in [0.717, 1.165) is 12.8 Å². The van der Waals surface area contributed by atoms with E-state index in [9.17, 15) is 14.4 Å². The van der Waals surface area contributed by atoms with Crippen LogP contribution in [0.2, 0.25) is 0 Å². The van der Waals surface area contributed by atoms with Gasteiger partial charge in [-0.15, -0.1) is 0 Å². The second-order valence-electron chi connectivity index (χ2n) is 6.73. The summed E-state index contributed by atoms with van der Waals surface area (Å²) in [5.41, 5.74) is -0.760. The lowest BCUT2D eigenvalue weighted by Crippen LogP contribution is -2.37. The third-order valence-electron chi connectivity index (χ3n) is 4.27. The quantitative estimate of drug-likeness (QED) is 0.710. The Morgan fingerprint density at radius 2 is 1.44 bits per heavy atom. The zero-order valence-electron chi connectivity index (χ0n) is 15.2. The molecular weight excluding hydrogens is 354 g/mol. The lowest BCUT2D eigenvalue weighted by atomic mass is 9.79. The fourth-order valence-electron chi connectivity index (χ4n) is 2.66. The van der Waals surface area contributed by atoms with Gasteiger partial charge in [0.1, 0.15) is 5.75 Å². The van der Waals surface area contributed by atoms with Gasteiger partial charge in [-0.25, -0.2) is 4.79 Å². The molecule has 1 aromatic carbocycles. The highest BCUT2D eigenvalue weighted by Crippen LogP contribution is 2.30. The molecule has 0 radical (unpaired) electrons. The molecule has 8 heteroatoms. The standard InChI is InChI=1S/C11H11NO3.C8H12O4/c1-11(2,10(13)14)15-9-5-3-8(7-12)4-6-9;9-7(10)5-3-1-2-4-6(5)8(11)12/h3-6H,1-2H3,(H,13,14);5-6H,1-4H2,(H,9,10)(H,11,12). The van der Waals surface area contributed by atoms with Gasteiger partial charge in [0.15, 0.2) is 5.60 Å². The number of hydrogen-bond acceptors (Lipinski definition) is 5. The lowest BCUT2D eigenvalue weighted by Gasteiger charge is -2.24. The largest absolute Gasteiger partial charge is 0.481 e. The van der Waals surface area contributed by atoms with Crippen molar-refractivity contribution in [2.75, 3.05) is 0 Å². The number of carbonyl (C=O) groups is 3. The van der Waals surface area contributed by atoms with Crippen molar-refractivity contribution in [3.05, 3.63) is 29.8 Å². The molecular formula is C19H23NO7. The summed E-state index contributed by atoms with van der Waals surface area (Å²) in [6, 6.07) is 8.27. The van der Waals surface area contributed by atoms with E-state index >= 15 is 0 Å². The van der Waals surface area contributed by atoms with Gasteiger partial charge in [-0.05, 0) is 51.0 Å². The molecule has 2 unspecified atom stereocenters. The molecule has 3 N–H and O–H groups in total. The van der Waals surface area contributed by atoms with Crippen molar-refractivity contribution in [2.24, 2.45) is 11.8 Å². The molecule has 2 rings (SSSR count). The van der Waals surface area contributed by atoms with Crippen LogP contribution in [0.3, 0.4) is 0 Å². The molecule has 1 aliphatic rings. The normalized spacial score (nSPS) is 19.0. The fraction of sp³-hybridized carbons (Fsp3) is 0.474. The van der Waals surface area contributed by atoms with Crippen LogP contribution in [-0.4, -0.2) is 38.8 Å². The summed E-state index contributed by atoms with van der Waals surface area (Å²) in [7, 11) is 0. The van der Waals surface area contributed by atoms with Gasteiger partial charge in [0.2, 0.25) is 0 Å². The molecule has 1 aliphatic carbocycles. The first-order chi connectivity index (χ1) is 12.6. The van der Waals surface area contributed by atoms with E-state index in [1.807, 2.05) is 6.07 Å². The van der Waals surface area contributed by atoms with Gasteiger partial charge in [-0.1, -0.05) is 12.8 Å². The molecule has 0 aromatic heterocycles. The summed E-state index contributed by atoms with van der Waals surface area (Å²) in [5.74, 6) is -3.88. The summed E-state index contributed by atoms with van der Waals surface area (Å²) in [5, 5.41) is 34.8. The molecule has 0 heterocycles. The van der Waals surface area contributed by atoms with E-state index < -0.39 is 35.3 Å². The second-order valence-corrected chi connectivity index (χ2v) is 6.73. The molecule has 8 nitrogen and oxygen atoms in total. The molecule has 1 saturated carbocycles. The lowest BCUT2D eigenvalue weighted by molar-refractivity contribution is -0.155. The van der Waals surface area contributed by atoms with Crippen LogP contribution in [0, 0.1) is 23.2 Å². The topological polar surface area (TPSA) is 145 Å². The Morgan fingerprint density at radius 1 is 1.00 bits per heavy atom. The van der Waals surface area contributed by atoms with Crippen LogP contribution in [0.15, 0.2) is 24.3 Å². The van der Waals surface area contributed by atoms with Gasteiger partial charge >= 0.3 is 17.9 Å². The van der Waals surface area contributed by atoms with Crippen LogP contribution in [0.1, 0.15) is 45.1 Å². The smallest absolute Gasteiger partial charge is 0.347 e. The van der Waals surface area contributed by atoms with Crippen LogP contribution >= 0.6 is 0 Å². The molecule has 0 aliphatic heterocycles. The minimum Gasteiger partial charge on any atom is -0.481 e. The number of ether oxygens (including phenoxy) is 1. The van der Waals surface area contributed by atoms with Crippen molar-refractivity contribution >= 4 is 17.9 Å². The third kappa shape index (κ3) is 6.62. The highest BCUT2D eigenvalue weighted by atomic mass is 16.5. The monoisotopic (exact) mass is 377 g/mol. The van der Waals surface area contributed by atoms with E-state index in [0.29, 0.717) is 24.2 Å².